The molecule has 0 atom stereocenters. The van der Waals surface area contributed by atoms with Crippen LogP contribution in [-0.4, -0.2) is 31.0 Å². The first kappa shape index (κ1) is 14.5. The van der Waals surface area contributed by atoms with E-state index in [4.69, 9.17) is 14.8 Å². The molecule has 5 N–H and O–H groups in total. The zero-order valence-corrected chi connectivity index (χ0v) is 11.3. The molecule has 0 saturated carbocycles. The van der Waals surface area contributed by atoms with E-state index in [1.54, 1.807) is 0 Å². The summed E-state index contributed by atoms with van der Waals surface area (Å²) in [6.07, 6.45) is 0. The van der Waals surface area contributed by atoms with Gasteiger partial charge >= 0.3 is 0 Å². The maximum Gasteiger partial charge on any atom is 0.298 e. The molecule has 0 aliphatic heterocycles. The van der Waals surface area contributed by atoms with Gasteiger partial charge in [-0.25, -0.2) is 0 Å². The number of benzene rings is 2. The summed E-state index contributed by atoms with van der Waals surface area (Å²) in [5.41, 5.74) is 5.19. The summed E-state index contributed by atoms with van der Waals surface area (Å²) in [7, 11) is -9.35. The standard InChI is InChI=1S/C10H9NO7S2/c11-7-3-1-5-6(10(7)20(16,17)18)2-4-8(9(5)12)19(13,14)15/h1-4,12H,11H2,(H,13,14,15)(H,16,17,18). The van der Waals surface area contributed by atoms with Crippen LogP contribution in [0, 0.1) is 0 Å². The van der Waals surface area contributed by atoms with Crippen LogP contribution in [0.3, 0.4) is 0 Å². The Hall–Kier alpha value is -1.88. The van der Waals surface area contributed by atoms with E-state index in [2.05, 4.69) is 0 Å². The number of aromatic hydroxyl groups is 1. The van der Waals surface area contributed by atoms with E-state index in [9.17, 15) is 21.9 Å². The number of anilines is 1. The van der Waals surface area contributed by atoms with Crippen LogP contribution < -0.4 is 5.73 Å². The number of hydrogen-bond donors (Lipinski definition) is 4. The Labute approximate surface area is 114 Å². The number of nitrogens with two attached hydrogens (primary N) is 1. The monoisotopic (exact) mass is 319 g/mol. The highest BCUT2D eigenvalue weighted by Gasteiger charge is 2.23. The normalized spacial score (nSPS) is 12.7. The second kappa shape index (κ2) is 4.31. The van der Waals surface area contributed by atoms with Gasteiger partial charge in [-0.05, 0) is 18.2 Å². The van der Waals surface area contributed by atoms with Crippen molar-refractivity contribution < 1.29 is 31.0 Å². The topological polar surface area (TPSA) is 155 Å². The molecule has 20 heavy (non-hydrogen) atoms. The van der Waals surface area contributed by atoms with E-state index in [0.717, 1.165) is 18.2 Å². The molecule has 0 aliphatic rings. The molecule has 0 bridgehead atoms. The van der Waals surface area contributed by atoms with Crippen LogP contribution in [0.4, 0.5) is 5.69 Å². The molecule has 8 nitrogen and oxygen atoms in total. The third-order valence-corrected chi connectivity index (χ3v) is 4.51. The van der Waals surface area contributed by atoms with Crippen LogP contribution >= 0.6 is 0 Å². The molecule has 108 valence electrons. The highest BCUT2D eigenvalue weighted by molar-refractivity contribution is 7.86. The molecule has 0 heterocycles. The lowest BCUT2D eigenvalue weighted by Crippen LogP contribution is -2.05. The molecular formula is C10H9NO7S2. The first-order valence-corrected chi connectivity index (χ1v) is 7.90. The smallest absolute Gasteiger partial charge is 0.298 e. The number of rotatable bonds is 2. The minimum absolute atomic E-state index is 0.169. The highest BCUT2D eigenvalue weighted by atomic mass is 32.2. The van der Waals surface area contributed by atoms with Crippen molar-refractivity contribution in [1.82, 2.24) is 0 Å². The van der Waals surface area contributed by atoms with E-state index in [1.165, 1.54) is 6.07 Å². The van der Waals surface area contributed by atoms with Crippen LogP contribution in [0.15, 0.2) is 34.1 Å². The fraction of sp³-hybridized carbons (Fsp3) is 0. The van der Waals surface area contributed by atoms with Gasteiger partial charge in [-0.1, -0.05) is 6.07 Å². The van der Waals surface area contributed by atoms with Gasteiger partial charge < -0.3 is 10.8 Å². The molecule has 0 unspecified atom stereocenters. The van der Waals surface area contributed by atoms with Gasteiger partial charge in [0.2, 0.25) is 0 Å². The second-order valence-electron chi connectivity index (χ2n) is 3.94. The third kappa shape index (κ3) is 2.29. The Kier molecular flexibility index (Phi) is 3.13. The van der Waals surface area contributed by atoms with E-state index < -0.39 is 35.8 Å². The Morgan fingerprint density at radius 1 is 0.850 bits per heavy atom. The minimum Gasteiger partial charge on any atom is -0.506 e. The molecular weight excluding hydrogens is 310 g/mol. The number of nitrogen functional groups attached to an aromatic ring is 1. The fourth-order valence-corrected chi connectivity index (χ4v) is 3.27. The molecule has 0 amide bonds. The molecule has 0 saturated heterocycles. The lowest BCUT2D eigenvalue weighted by atomic mass is 10.1. The summed E-state index contributed by atoms with van der Waals surface area (Å²) in [6, 6.07) is 4.07. The van der Waals surface area contributed by atoms with E-state index in [1.807, 2.05) is 0 Å². The summed E-state index contributed by atoms with van der Waals surface area (Å²) >= 11 is 0. The Balaban J connectivity index is 3.03. The quantitative estimate of drug-likeness (QED) is 0.463. The van der Waals surface area contributed by atoms with Crippen molar-refractivity contribution in [3.8, 4) is 5.75 Å². The van der Waals surface area contributed by atoms with Gasteiger partial charge in [-0.2, -0.15) is 16.8 Å². The van der Waals surface area contributed by atoms with Crippen molar-refractivity contribution in [1.29, 1.82) is 0 Å². The third-order valence-electron chi connectivity index (χ3n) is 2.65. The van der Waals surface area contributed by atoms with Gasteiger partial charge in [-0.15, -0.1) is 0 Å². The van der Waals surface area contributed by atoms with Gasteiger partial charge in [0.25, 0.3) is 20.2 Å². The van der Waals surface area contributed by atoms with Gasteiger partial charge in [-0.3, -0.25) is 9.11 Å². The molecule has 2 rings (SSSR count). The summed E-state index contributed by atoms with van der Waals surface area (Å²) in [4.78, 5) is -1.43. The molecule has 0 aromatic heterocycles. The van der Waals surface area contributed by atoms with Crippen LogP contribution in [-0.2, 0) is 20.2 Å². The average molecular weight is 319 g/mol. The highest BCUT2D eigenvalue weighted by Crippen LogP contribution is 2.37. The minimum atomic E-state index is -4.68. The van der Waals surface area contributed by atoms with Gasteiger partial charge in [0, 0.05) is 10.8 Å². The summed E-state index contributed by atoms with van der Waals surface area (Å²) in [6.45, 7) is 0. The zero-order valence-electron chi connectivity index (χ0n) is 9.68. The van der Waals surface area contributed by atoms with Gasteiger partial charge in [0.15, 0.2) is 0 Å². The Morgan fingerprint density at radius 3 is 1.90 bits per heavy atom. The Morgan fingerprint density at radius 2 is 1.40 bits per heavy atom. The van der Waals surface area contributed by atoms with Crippen LogP contribution in [0.2, 0.25) is 0 Å². The average Bonchev–Trinajstić information content (AvgIpc) is 2.25. The maximum absolute atomic E-state index is 11.3. The summed E-state index contributed by atoms with van der Waals surface area (Å²) in [5, 5.41) is 9.45. The molecule has 2 aromatic rings. The first-order chi connectivity index (χ1) is 9.03. The van der Waals surface area contributed by atoms with Crippen molar-refractivity contribution >= 4 is 36.7 Å². The van der Waals surface area contributed by atoms with Gasteiger partial charge in [0.05, 0.1) is 5.69 Å². The van der Waals surface area contributed by atoms with Crippen molar-refractivity contribution in [3.05, 3.63) is 24.3 Å². The largest absolute Gasteiger partial charge is 0.506 e. The lowest BCUT2D eigenvalue weighted by molar-refractivity contribution is 0.448. The second-order valence-corrected chi connectivity index (χ2v) is 6.69. The van der Waals surface area contributed by atoms with Crippen molar-refractivity contribution in [2.24, 2.45) is 0 Å². The number of phenols is 1. The summed E-state index contributed by atoms with van der Waals surface area (Å²) in [5.74, 6) is -0.838. The predicted octanol–water partition coefficient (Wildman–Crippen LogP) is 0.621. The summed E-state index contributed by atoms with van der Waals surface area (Å²) < 4.78 is 62.7. The lowest BCUT2D eigenvalue weighted by Gasteiger charge is -2.10. The molecule has 0 fully saturated rings. The molecule has 0 radical (unpaired) electrons. The Bertz CT molecular complexity index is 916. The van der Waals surface area contributed by atoms with Crippen molar-refractivity contribution in [2.75, 3.05) is 5.73 Å². The number of fused-ring (bicyclic) bond motifs is 1. The number of hydrogen-bond acceptors (Lipinski definition) is 6. The van der Waals surface area contributed by atoms with Crippen LogP contribution in [0.5, 0.6) is 5.75 Å². The number of phenolic OH excluding ortho intramolecular Hbond substituents is 1. The van der Waals surface area contributed by atoms with Crippen LogP contribution in [0.1, 0.15) is 0 Å². The SMILES string of the molecule is Nc1ccc2c(O)c(S(=O)(=O)O)ccc2c1S(=O)(=O)O. The van der Waals surface area contributed by atoms with Crippen molar-refractivity contribution in [3.63, 3.8) is 0 Å². The molecule has 10 heteroatoms. The van der Waals surface area contributed by atoms with Crippen LogP contribution in [0.25, 0.3) is 10.8 Å². The molecule has 2 aromatic carbocycles. The molecule has 0 aliphatic carbocycles. The maximum atomic E-state index is 11.3. The van der Waals surface area contributed by atoms with Crippen molar-refractivity contribution in [2.45, 2.75) is 9.79 Å². The predicted molar refractivity (Wildman–Crippen MR) is 69.7 cm³/mol. The van der Waals surface area contributed by atoms with E-state index >= 15 is 0 Å². The molecule has 0 spiro atoms. The van der Waals surface area contributed by atoms with E-state index in [-0.39, 0.29) is 16.5 Å². The fourth-order valence-electron chi connectivity index (χ4n) is 1.86. The first-order valence-electron chi connectivity index (χ1n) is 5.02. The van der Waals surface area contributed by atoms with Gasteiger partial charge in [0.1, 0.15) is 15.5 Å². The van der Waals surface area contributed by atoms with E-state index in [0.29, 0.717) is 0 Å². The zero-order chi connectivity index (χ0) is 15.3.